The Morgan fingerprint density at radius 3 is 2.61 bits per heavy atom. The fraction of sp³-hybridized carbons (Fsp3) is 0.294. The molecule has 3 rings (SSSR count). The van der Waals surface area contributed by atoms with Gasteiger partial charge in [-0.3, -0.25) is 4.79 Å². The minimum Gasteiger partial charge on any atom is -0.451 e. The average Bonchev–Trinajstić information content (AvgIpc) is 3.00. The Balaban J connectivity index is 1.73. The van der Waals surface area contributed by atoms with Crippen molar-refractivity contribution in [3.8, 4) is 0 Å². The Morgan fingerprint density at radius 2 is 1.87 bits per heavy atom. The Bertz CT molecular complexity index is 886. The minimum absolute atomic E-state index is 0.262. The predicted molar refractivity (Wildman–Crippen MR) is 95.4 cm³/mol. The molecular formula is C17H17NO3S2. The van der Waals surface area contributed by atoms with Gasteiger partial charge in [0.25, 0.3) is 5.91 Å². The summed E-state index contributed by atoms with van der Waals surface area (Å²) in [4.78, 5) is 24.4. The van der Waals surface area contributed by atoms with Gasteiger partial charge in [-0.05, 0) is 32.9 Å². The monoisotopic (exact) mass is 347 g/mol. The van der Waals surface area contributed by atoms with Crippen molar-refractivity contribution >= 4 is 54.0 Å². The van der Waals surface area contributed by atoms with Crippen LogP contribution in [0.2, 0.25) is 0 Å². The second kappa shape index (κ2) is 5.94. The molecule has 0 unspecified atom stereocenters. The lowest BCUT2D eigenvalue weighted by atomic mass is 10.1. The van der Waals surface area contributed by atoms with Gasteiger partial charge >= 0.3 is 5.97 Å². The summed E-state index contributed by atoms with van der Waals surface area (Å²) in [5.41, 5.74) is -0.339. The number of ether oxygens (including phenoxy) is 1. The molecule has 1 amide bonds. The molecule has 1 N–H and O–H groups in total. The zero-order valence-electron chi connectivity index (χ0n) is 13.1. The second-order valence-corrected chi connectivity index (χ2v) is 8.41. The van der Waals surface area contributed by atoms with Crippen LogP contribution in [0.5, 0.6) is 0 Å². The van der Waals surface area contributed by atoms with E-state index in [0.717, 1.165) is 14.8 Å². The molecule has 0 aliphatic carbocycles. The van der Waals surface area contributed by atoms with E-state index in [-0.39, 0.29) is 18.1 Å². The highest BCUT2D eigenvalue weighted by molar-refractivity contribution is 7.33. The zero-order valence-corrected chi connectivity index (χ0v) is 14.8. The van der Waals surface area contributed by atoms with Gasteiger partial charge < -0.3 is 10.1 Å². The maximum absolute atomic E-state index is 12.1. The first-order valence-electron chi connectivity index (χ1n) is 7.23. The van der Waals surface area contributed by atoms with Gasteiger partial charge in [0.2, 0.25) is 0 Å². The molecule has 1 aromatic carbocycles. The summed E-state index contributed by atoms with van der Waals surface area (Å²) in [6, 6.07) is 9.96. The fourth-order valence-corrected chi connectivity index (χ4v) is 4.68. The number of rotatable bonds is 3. The third-order valence-electron chi connectivity index (χ3n) is 3.10. The van der Waals surface area contributed by atoms with Gasteiger partial charge in [0.1, 0.15) is 4.88 Å². The van der Waals surface area contributed by atoms with Crippen molar-refractivity contribution in [2.75, 3.05) is 6.61 Å². The molecule has 0 aliphatic heterocycles. The van der Waals surface area contributed by atoms with Crippen molar-refractivity contribution in [1.82, 2.24) is 5.32 Å². The van der Waals surface area contributed by atoms with Crippen molar-refractivity contribution in [3.05, 3.63) is 35.2 Å². The van der Waals surface area contributed by atoms with Gasteiger partial charge in [-0.15, -0.1) is 22.7 Å². The van der Waals surface area contributed by atoms with Crippen molar-refractivity contribution in [2.24, 2.45) is 0 Å². The molecule has 3 aromatic rings. The van der Waals surface area contributed by atoms with Crippen molar-refractivity contribution in [2.45, 2.75) is 26.3 Å². The lowest BCUT2D eigenvalue weighted by molar-refractivity contribution is -0.125. The second-order valence-electron chi connectivity index (χ2n) is 6.28. The molecule has 0 aliphatic rings. The number of amides is 1. The number of carbonyl (C=O) groups is 2. The van der Waals surface area contributed by atoms with E-state index in [0.29, 0.717) is 4.88 Å². The normalized spacial score (nSPS) is 11.8. The van der Waals surface area contributed by atoms with E-state index in [1.165, 1.54) is 16.0 Å². The SMILES string of the molecule is CC(C)(C)NC(=O)COC(=O)c1cc2sc3ccccc3c2s1. The maximum atomic E-state index is 12.1. The molecular weight excluding hydrogens is 330 g/mol. The number of carbonyl (C=O) groups excluding carboxylic acids is 2. The Labute approximate surface area is 142 Å². The molecule has 0 atom stereocenters. The number of hydrogen-bond donors (Lipinski definition) is 1. The van der Waals surface area contributed by atoms with E-state index in [4.69, 9.17) is 4.74 Å². The van der Waals surface area contributed by atoms with E-state index in [1.807, 2.05) is 39.0 Å². The van der Waals surface area contributed by atoms with E-state index < -0.39 is 5.97 Å². The molecule has 0 fully saturated rings. The number of nitrogens with one attached hydrogen (secondary N) is 1. The number of hydrogen-bond acceptors (Lipinski definition) is 5. The number of esters is 1. The first-order valence-corrected chi connectivity index (χ1v) is 8.86. The van der Waals surface area contributed by atoms with Gasteiger partial charge in [-0.2, -0.15) is 0 Å². The third-order valence-corrected chi connectivity index (χ3v) is 5.49. The summed E-state index contributed by atoms with van der Waals surface area (Å²) in [5, 5.41) is 3.92. The van der Waals surface area contributed by atoms with E-state index in [9.17, 15) is 9.59 Å². The quantitative estimate of drug-likeness (QED) is 0.723. The first-order chi connectivity index (χ1) is 10.8. The summed E-state index contributed by atoms with van der Waals surface area (Å²) in [6.07, 6.45) is 0. The summed E-state index contributed by atoms with van der Waals surface area (Å²) < 4.78 is 8.48. The molecule has 4 nitrogen and oxygen atoms in total. The van der Waals surface area contributed by atoms with Gasteiger partial charge in [-0.1, -0.05) is 18.2 Å². The molecule has 120 valence electrons. The molecule has 2 heterocycles. The highest BCUT2D eigenvalue weighted by Crippen LogP contribution is 2.39. The minimum atomic E-state index is -0.452. The van der Waals surface area contributed by atoms with Crippen LogP contribution in [0.15, 0.2) is 30.3 Å². The van der Waals surface area contributed by atoms with Gasteiger partial charge in [0.05, 0.1) is 4.70 Å². The third kappa shape index (κ3) is 3.54. The first kappa shape index (κ1) is 16.0. The van der Waals surface area contributed by atoms with Crippen LogP contribution in [0.3, 0.4) is 0 Å². The average molecular weight is 347 g/mol. The van der Waals surface area contributed by atoms with Gasteiger partial charge in [0.15, 0.2) is 6.61 Å². The summed E-state index contributed by atoms with van der Waals surface area (Å²) in [5.74, 6) is -0.749. The Hall–Kier alpha value is -1.92. The Morgan fingerprint density at radius 1 is 1.13 bits per heavy atom. The van der Waals surface area contributed by atoms with Crippen LogP contribution in [-0.4, -0.2) is 24.0 Å². The smallest absolute Gasteiger partial charge is 0.348 e. The maximum Gasteiger partial charge on any atom is 0.348 e. The van der Waals surface area contributed by atoms with Crippen LogP contribution in [0.25, 0.3) is 19.5 Å². The molecule has 23 heavy (non-hydrogen) atoms. The lowest BCUT2D eigenvalue weighted by Gasteiger charge is -2.20. The molecule has 0 saturated carbocycles. The Kier molecular flexibility index (Phi) is 4.12. The number of thiophene rings is 2. The molecule has 0 spiro atoms. The van der Waals surface area contributed by atoms with Gasteiger partial charge in [0, 0.05) is 20.3 Å². The molecule has 6 heteroatoms. The fourth-order valence-electron chi connectivity index (χ4n) is 2.26. The van der Waals surface area contributed by atoms with E-state index in [2.05, 4.69) is 17.4 Å². The predicted octanol–water partition coefficient (Wildman–Crippen LogP) is 4.19. The lowest BCUT2D eigenvalue weighted by Crippen LogP contribution is -2.42. The van der Waals surface area contributed by atoms with Crippen LogP contribution in [0, 0.1) is 0 Å². The van der Waals surface area contributed by atoms with E-state index in [1.54, 1.807) is 11.3 Å². The van der Waals surface area contributed by atoms with Crippen LogP contribution in [0.4, 0.5) is 0 Å². The number of fused-ring (bicyclic) bond motifs is 3. The van der Waals surface area contributed by atoms with Crippen LogP contribution in [0.1, 0.15) is 30.4 Å². The van der Waals surface area contributed by atoms with Crippen LogP contribution >= 0.6 is 22.7 Å². The van der Waals surface area contributed by atoms with Crippen LogP contribution in [-0.2, 0) is 9.53 Å². The summed E-state index contributed by atoms with van der Waals surface area (Å²) in [7, 11) is 0. The van der Waals surface area contributed by atoms with Crippen LogP contribution < -0.4 is 5.32 Å². The highest BCUT2D eigenvalue weighted by atomic mass is 32.1. The van der Waals surface area contributed by atoms with Gasteiger partial charge in [-0.25, -0.2) is 4.79 Å². The topological polar surface area (TPSA) is 55.4 Å². The molecule has 2 aromatic heterocycles. The highest BCUT2D eigenvalue weighted by Gasteiger charge is 2.18. The summed E-state index contributed by atoms with van der Waals surface area (Å²) >= 11 is 3.07. The number of benzene rings is 1. The molecule has 0 saturated heterocycles. The van der Waals surface area contributed by atoms with E-state index >= 15 is 0 Å². The largest absolute Gasteiger partial charge is 0.451 e. The summed E-state index contributed by atoms with van der Waals surface area (Å²) in [6.45, 7) is 5.38. The van der Waals surface area contributed by atoms with Crippen molar-refractivity contribution in [1.29, 1.82) is 0 Å². The van der Waals surface area contributed by atoms with Crippen molar-refractivity contribution in [3.63, 3.8) is 0 Å². The standard InChI is InChI=1S/C17H17NO3S2/c1-17(2,3)18-14(19)9-21-16(20)13-8-12-15(23-13)10-6-4-5-7-11(10)22-12/h4-8H,9H2,1-3H3,(H,18,19). The van der Waals surface area contributed by atoms with Crippen molar-refractivity contribution < 1.29 is 14.3 Å². The molecule has 0 radical (unpaired) electrons. The molecule has 0 bridgehead atoms. The zero-order chi connectivity index (χ0) is 16.6.